The van der Waals surface area contributed by atoms with E-state index in [2.05, 4.69) is 4.90 Å². The van der Waals surface area contributed by atoms with E-state index >= 15 is 0 Å². The number of para-hydroxylation sites is 1. The van der Waals surface area contributed by atoms with Crippen LogP contribution in [0.1, 0.15) is 11.1 Å². The highest BCUT2D eigenvalue weighted by Crippen LogP contribution is 2.35. The normalized spacial score (nSPS) is 13.1. The van der Waals surface area contributed by atoms with Gasteiger partial charge in [0.05, 0.1) is 12.1 Å². The molecule has 1 aliphatic heterocycles. The lowest BCUT2D eigenvalue weighted by Crippen LogP contribution is -2.32. The van der Waals surface area contributed by atoms with Crippen molar-refractivity contribution in [3.05, 3.63) is 94.3 Å². The molecule has 1 aliphatic rings. The predicted molar refractivity (Wildman–Crippen MR) is 112 cm³/mol. The van der Waals surface area contributed by atoms with Gasteiger partial charge >= 0.3 is 5.63 Å². The summed E-state index contributed by atoms with van der Waals surface area (Å²) in [7, 11) is 0. The molecule has 0 bridgehead atoms. The van der Waals surface area contributed by atoms with Crippen LogP contribution >= 0.6 is 0 Å². The maximum absolute atomic E-state index is 11.9. The summed E-state index contributed by atoms with van der Waals surface area (Å²) in [6, 6.07) is 23.0. The van der Waals surface area contributed by atoms with Gasteiger partial charge in [0.25, 0.3) is 0 Å². The molecule has 0 saturated heterocycles. The van der Waals surface area contributed by atoms with Gasteiger partial charge in [-0.3, -0.25) is 0 Å². The van der Waals surface area contributed by atoms with Gasteiger partial charge in [0.2, 0.25) is 0 Å². The number of benzene rings is 3. The van der Waals surface area contributed by atoms with Crippen LogP contribution in [0.4, 0.5) is 5.69 Å². The van der Waals surface area contributed by atoms with Crippen molar-refractivity contribution in [2.75, 3.05) is 11.6 Å². The van der Waals surface area contributed by atoms with Gasteiger partial charge in [-0.15, -0.1) is 0 Å². The minimum atomic E-state index is -0.345. The minimum Gasteiger partial charge on any atom is -0.473 e. The third kappa shape index (κ3) is 3.31. The summed E-state index contributed by atoms with van der Waals surface area (Å²) in [4.78, 5) is 14.0. The fourth-order valence-electron chi connectivity index (χ4n) is 3.61. The smallest absolute Gasteiger partial charge is 0.336 e. The van der Waals surface area contributed by atoms with Crippen LogP contribution in [0.2, 0.25) is 0 Å². The Hall–Kier alpha value is -3.73. The van der Waals surface area contributed by atoms with Gasteiger partial charge in [0.15, 0.2) is 6.73 Å². The molecule has 0 amide bonds. The van der Waals surface area contributed by atoms with Gasteiger partial charge in [-0.1, -0.05) is 18.2 Å². The summed E-state index contributed by atoms with van der Waals surface area (Å²) in [5.41, 5.74) is 3.05. The molecule has 0 saturated carbocycles. The second kappa shape index (κ2) is 7.02. The summed E-state index contributed by atoms with van der Waals surface area (Å²) in [6.07, 6.45) is 0. The molecule has 3 aromatic carbocycles. The van der Waals surface area contributed by atoms with E-state index in [1.54, 1.807) is 0 Å². The Bertz CT molecular complexity index is 1230. The fraction of sp³-hybridized carbons (Fsp3) is 0.125. The molecule has 1 aromatic heterocycles. The molecule has 29 heavy (non-hydrogen) atoms. The number of anilines is 1. The molecular formula is C24H19NO4. The largest absolute Gasteiger partial charge is 0.473 e. The third-order valence-electron chi connectivity index (χ3n) is 5.09. The Morgan fingerprint density at radius 1 is 0.931 bits per heavy atom. The Balaban J connectivity index is 1.43. The summed E-state index contributed by atoms with van der Waals surface area (Å²) < 4.78 is 17.3. The van der Waals surface area contributed by atoms with Crippen molar-refractivity contribution in [3.8, 4) is 17.2 Å². The van der Waals surface area contributed by atoms with Crippen molar-refractivity contribution < 1.29 is 13.9 Å². The quantitative estimate of drug-likeness (QED) is 0.451. The van der Waals surface area contributed by atoms with Crippen LogP contribution in [0.25, 0.3) is 11.0 Å². The lowest BCUT2D eigenvalue weighted by atomic mass is 10.0. The summed E-state index contributed by atoms with van der Waals surface area (Å²) in [5.74, 6) is 2.32. The first-order valence-electron chi connectivity index (χ1n) is 9.44. The van der Waals surface area contributed by atoms with E-state index in [1.807, 2.05) is 73.7 Å². The van der Waals surface area contributed by atoms with E-state index in [0.29, 0.717) is 18.9 Å². The van der Waals surface area contributed by atoms with Gasteiger partial charge in [-0.05, 0) is 61.0 Å². The standard InChI is InChI=1S/C24H19NO4/c1-16-13-23(26)29-24-20(16)11-12-22-21(24)14-25(15-27-22)17-7-9-19(10-8-17)28-18-5-3-2-4-6-18/h2-13H,14-15H2,1H3. The minimum absolute atomic E-state index is 0.345. The zero-order chi connectivity index (χ0) is 19.8. The average Bonchev–Trinajstić information content (AvgIpc) is 2.74. The van der Waals surface area contributed by atoms with E-state index in [9.17, 15) is 4.79 Å². The van der Waals surface area contributed by atoms with Gasteiger partial charge in [0.1, 0.15) is 22.8 Å². The SMILES string of the molecule is Cc1cc(=O)oc2c3c(ccc12)OCN(c1ccc(Oc2ccccc2)cc1)C3. The van der Waals surface area contributed by atoms with Gasteiger partial charge in [-0.2, -0.15) is 0 Å². The van der Waals surface area contributed by atoms with Crippen molar-refractivity contribution in [2.45, 2.75) is 13.5 Å². The van der Waals surface area contributed by atoms with Crippen molar-refractivity contribution in [1.82, 2.24) is 0 Å². The maximum Gasteiger partial charge on any atom is 0.336 e. The molecule has 5 nitrogen and oxygen atoms in total. The first-order valence-corrected chi connectivity index (χ1v) is 9.44. The summed E-state index contributed by atoms with van der Waals surface area (Å²) in [5, 5.41) is 0.931. The number of fused-ring (bicyclic) bond motifs is 3. The first kappa shape index (κ1) is 17.4. The maximum atomic E-state index is 11.9. The van der Waals surface area contributed by atoms with E-state index in [0.717, 1.165) is 39.4 Å². The average molecular weight is 385 g/mol. The first-order chi connectivity index (χ1) is 14.2. The fourth-order valence-corrected chi connectivity index (χ4v) is 3.61. The van der Waals surface area contributed by atoms with E-state index in [1.165, 1.54) is 6.07 Å². The van der Waals surface area contributed by atoms with Crippen LogP contribution in [-0.2, 0) is 6.54 Å². The molecular weight excluding hydrogens is 366 g/mol. The van der Waals surface area contributed by atoms with Crippen LogP contribution in [0.3, 0.4) is 0 Å². The van der Waals surface area contributed by atoms with Crippen LogP contribution in [0, 0.1) is 6.92 Å². The van der Waals surface area contributed by atoms with Crippen LogP contribution in [0.15, 0.2) is 82.0 Å². The molecule has 0 N–H and O–H groups in total. The van der Waals surface area contributed by atoms with E-state index < -0.39 is 0 Å². The number of hydrogen-bond donors (Lipinski definition) is 0. The molecule has 0 radical (unpaired) electrons. The zero-order valence-corrected chi connectivity index (χ0v) is 15.9. The molecule has 0 aliphatic carbocycles. The Kier molecular flexibility index (Phi) is 4.21. The predicted octanol–water partition coefficient (Wildman–Crippen LogP) is 5.25. The molecule has 4 aromatic rings. The van der Waals surface area contributed by atoms with Crippen LogP contribution < -0.4 is 20.0 Å². The molecule has 5 heteroatoms. The zero-order valence-electron chi connectivity index (χ0n) is 15.9. The molecule has 0 fully saturated rings. The Labute approximate surface area is 167 Å². The Morgan fingerprint density at radius 3 is 2.48 bits per heavy atom. The van der Waals surface area contributed by atoms with Crippen molar-refractivity contribution in [1.29, 1.82) is 0 Å². The highest BCUT2D eigenvalue weighted by molar-refractivity contribution is 5.85. The lowest BCUT2D eigenvalue weighted by Gasteiger charge is -2.31. The second-order valence-electron chi connectivity index (χ2n) is 7.05. The van der Waals surface area contributed by atoms with Gasteiger partial charge in [0, 0.05) is 17.1 Å². The number of ether oxygens (including phenoxy) is 2. The van der Waals surface area contributed by atoms with Crippen LogP contribution in [0.5, 0.6) is 17.2 Å². The molecule has 2 heterocycles. The summed E-state index contributed by atoms with van der Waals surface area (Å²) in [6.45, 7) is 2.93. The Morgan fingerprint density at radius 2 is 1.69 bits per heavy atom. The topological polar surface area (TPSA) is 51.9 Å². The number of nitrogens with zero attached hydrogens (tertiary/aromatic N) is 1. The van der Waals surface area contributed by atoms with E-state index in [-0.39, 0.29) is 5.63 Å². The van der Waals surface area contributed by atoms with Crippen molar-refractivity contribution >= 4 is 16.7 Å². The molecule has 0 unspecified atom stereocenters. The number of hydrogen-bond acceptors (Lipinski definition) is 5. The third-order valence-corrected chi connectivity index (χ3v) is 5.09. The second-order valence-corrected chi connectivity index (χ2v) is 7.05. The monoisotopic (exact) mass is 385 g/mol. The van der Waals surface area contributed by atoms with E-state index in [4.69, 9.17) is 13.9 Å². The highest BCUT2D eigenvalue weighted by atomic mass is 16.5. The lowest BCUT2D eigenvalue weighted by molar-refractivity contribution is 0.289. The van der Waals surface area contributed by atoms with Crippen molar-refractivity contribution in [2.24, 2.45) is 0 Å². The van der Waals surface area contributed by atoms with Gasteiger partial charge < -0.3 is 18.8 Å². The van der Waals surface area contributed by atoms with Crippen molar-refractivity contribution in [3.63, 3.8) is 0 Å². The molecule has 0 spiro atoms. The highest BCUT2D eigenvalue weighted by Gasteiger charge is 2.22. The molecule has 5 rings (SSSR count). The van der Waals surface area contributed by atoms with Gasteiger partial charge in [-0.25, -0.2) is 4.79 Å². The summed E-state index contributed by atoms with van der Waals surface area (Å²) >= 11 is 0. The number of rotatable bonds is 3. The van der Waals surface area contributed by atoms with Crippen LogP contribution in [-0.4, -0.2) is 6.73 Å². The molecule has 144 valence electrons. The number of aryl methyl sites for hydroxylation is 1. The molecule has 0 atom stereocenters.